The molecule has 4 nitrogen and oxygen atoms in total. The zero-order chi connectivity index (χ0) is 14.4. The molecule has 1 saturated carbocycles. The number of nitrogens with two attached hydrogens (primary N) is 1. The molecule has 2 atom stereocenters. The maximum atomic E-state index is 12.0. The Bertz CT molecular complexity index is 442. The van der Waals surface area contributed by atoms with Gasteiger partial charge in [-0.15, -0.1) is 12.4 Å². The van der Waals surface area contributed by atoms with Crippen molar-refractivity contribution in [2.45, 2.75) is 31.7 Å². The average molecular weight is 378 g/mol. The summed E-state index contributed by atoms with van der Waals surface area (Å²) >= 11 is 3.37. The minimum atomic E-state index is 0. The number of amides is 1. The molecule has 2 unspecified atom stereocenters. The molecule has 3 N–H and O–H groups in total. The van der Waals surface area contributed by atoms with E-state index < -0.39 is 0 Å². The zero-order valence-electron chi connectivity index (χ0n) is 11.9. The largest absolute Gasteiger partial charge is 0.492 e. The normalized spacial score (nSPS) is 21.2. The smallest absolute Gasteiger partial charge is 0.223 e. The fraction of sp³-hybridized carbons (Fsp3) is 0.533. The van der Waals surface area contributed by atoms with Gasteiger partial charge in [-0.05, 0) is 43.5 Å². The van der Waals surface area contributed by atoms with Crippen LogP contribution in [0.3, 0.4) is 0 Å². The lowest BCUT2D eigenvalue weighted by Crippen LogP contribution is -2.39. The van der Waals surface area contributed by atoms with Crippen molar-refractivity contribution in [2.75, 3.05) is 13.2 Å². The summed E-state index contributed by atoms with van der Waals surface area (Å²) in [6.45, 7) is 1.01. The minimum absolute atomic E-state index is 0. The second kappa shape index (κ2) is 9.28. The Hall–Kier alpha value is -0.780. The molecule has 1 amide bonds. The van der Waals surface area contributed by atoms with Crippen LogP contribution in [0.4, 0.5) is 0 Å². The van der Waals surface area contributed by atoms with Crippen LogP contribution in [0.15, 0.2) is 28.7 Å². The van der Waals surface area contributed by atoms with Crippen molar-refractivity contribution in [1.82, 2.24) is 5.32 Å². The third kappa shape index (κ3) is 6.24. The van der Waals surface area contributed by atoms with Crippen molar-refractivity contribution in [1.29, 1.82) is 0 Å². The van der Waals surface area contributed by atoms with E-state index >= 15 is 0 Å². The summed E-state index contributed by atoms with van der Waals surface area (Å²) in [4.78, 5) is 12.0. The quantitative estimate of drug-likeness (QED) is 0.776. The van der Waals surface area contributed by atoms with E-state index in [1.165, 1.54) is 0 Å². The number of benzene rings is 1. The predicted octanol–water partition coefficient (Wildman–Crippen LogP) is 2.88. The average Bonchev–Trinajstić information content (AvgIpc) is 2.45. The first kappa shape index (κ1) is 18.3. The number of carbonyl (C=O) groups is 1. The maximum absolute atomic E-state index is 12.0. The second-order valence-corrected chi connectivity index (χ2v) is 6.13. The van der Waals surface area contributed by atoms with E-state index in [2.05, 4.69) is 21.2 Å². The van der Waals surface area contributed by atoms with Gasteiger partial charge in [0.2, 0.25) is 5.91 Å². The second-order valence-electron chi connectivity index (χ2n) is 5.22. The lowest BCUT2D eigenvalue weighted by Gasteiger charge is -2.25. The van der Waals surface area contributed by atoms with Gasteiger partial charge in [0.25, 0.3) is 0 Å². The molecule has 1 fully saturated rings. The van der Waals surface area contributed by atoms with Gasteiger partial charge in [-0.2, -0.15) is 0 Å². The molecule has 0 spiro atoms. The number of hydrogen-bond donors (Lipinski definition) is 2. The molecule has 21 heavy (non-hydrogen) atoms. The SMILES string of the molecule is Cl.NC1CCCC(C(=O)NCCOc2ccc(Br)cc2)C1. The van der Waals surface area contributed by atoms with Gasteiger partial charge in [-0.25, -0.2) is 0 Å². The van der Waals surface area contributed by atoms with E-state index in [-0.39, 0.29) is 30.3 Å². The molecule has 0 saturated heterocycles. The Morgan fingerprint density at radius 2 is 2.05 bits per heavy atom. The van der Waals surface area contributed by atoms with E-state index in [4.69, 9.17) is 10.5 Å². The first-order valence-electron chi connectivity index (χ1n) is 7.07. The monoisotopic (exact) mass is 376 g/mol. The standard InChI is InChI=1S/C15H21BrN2O2.ClH/c16-12-4-6-14(7-5-12)20-9-8-18-15(19)11-2-1-3-13(17)10-11;/h4-7,11,13H,1-3,8-10,17H2,(H,18,19);1H. The van der Waals surface area contributed by atoms with Gasteiger partial charge in [-0.3, -0.25) is 4.79 Å². The van der Waals surface area contributed by atoms with Gasteiger partial charge < -0.3 is 15.8 Å². The Labute approximate surface area is 140 Å². The van der Waals surface area contributed by atoms with Crippen LogP contribution in [0, 0.1) is 5.92 Å². The van der Waals surface area contributed by atoms with Gasteiger partial charge in [0, 0.05) is 16.4 Å². The number of carbonyl (C=O) groups excluding carboxylic acids is 1. The van der Waals surface area contributed by atoms with Crippen molar-refractivity contribution < 1.29 is 9.53 Å². The molecule has 6 heteroatoms. The van der Waals surface area contributed by atoms with Crippen molar-refractivity contribution in [3.8, 4) is 5.75 Å². The van der Waals surface area contributed by atoms with Crippen LogP contribution in [-0.4, -0.2) is 25.1 Å². The van der Waals surface area contributed by atoms with Crippen LogP contribution in [0.25, 0.3) is 0 Å². The summed E-state index contributed by atoms with van der Waals surface area (Å²) in [5.74, 6) is 0.994. The molecule has 1 aromatic carbocycles. The summed E-state index contributed by atoms with van der Waals surface area (Å²) in [7, 11) is 0. The molecular formula is C15H22BrClN2O2. The van der Waals surface area contributed by atoms with E-state index in [9.17, 15) is 4.79 Å². The summed E-state index contributed by atoms with van der Waals surface area (Å²) in [5.41, 5.74) is 5.90. The van der Waals surface area contributed by atoms with E-state index in [1.807, 2.05) is 24.3 Å². The zero-order valence-corrected chi connectivity index (χ0v) is 14.3. The van der Waals surface area contributed by atoms with Crippen LogP contribution >= 0.6 is 28.3 Å². The molecular weight excluding hydrogens is 356 g/mol. The highest BCUT2D eigenvalue weighted by Gasteiger charge is 2.24. The van der Waals surface area contributed by atoms with Crippen molar-refractivity contribution in [3.05, 3.63) is 28.7 Å². The van der Waals surface area contributed by atoms with Crippen LogP contribution in [-0.2, 0) is 4.79 Å². The Kier molecular flexibility index (Phi) is 8.07. The summed E-state index contributed by atoms with van der Waals surface area (Å²) in [6.07, 6.45) is 3.84. The van der Waals surface area contributed by atoms with Crippen LogP contribution in [0.2, 0.25) is 0 Å². The molecule has 0 aliphatic heterocycles. The summed E-state index contributed by atoms with van der Waals surface area (Å²) in [6, 6.07) is 7.82. The number of hydrogen-bond acceptors (Lipinski definition) is 3. The molecule has 0 heterocycles. The highest BCUT2D eigenvalue weighted by Crippen LogP contribution is 2.23. The van der Waals surface area contributed by atoms with Gasteiger partial charge in [0.15, 0.2) is 0 Å². The fourth-order valence-electron chi connectivity index (χ4n) is 2.48. The Morgan fingerprint density at radius 1 is 1.33 bits per heavy atom. The highest BCUT2D eigenvalue weighted by molar-refractivity contribution is 9.10. The van der Waals surface area contributed by atoms with Crippen LogP contribution in [0.1, 0.15) is 25.7 Å². The summed E-state index contributed by atoms with van der Waals surface area (Å²) < 4.78 is 6.58. The number of rotatable bonds is 5. The van der Waals surface area contributed by atoms with Crippen molar-refractivity contribution >= 4 is 34.2 Å². The molecule has 0 bridgehead atoms. The van der Waals surface area contributed by atoms with Gasteiger partial charge in [0.1, 0.15) is 12.4 Å². The molecule has 118 valence electrons. The molecule has 1 aliphatic rings. The minimum Gasteiger partial charge on any atom is -0.492 e. The first-order chi connectivity index (χ1) is 9.65. The molecule has 1 aliphatic carbocycles. The lowest BCUT2D eigenvalue weighted by molar-refractivity contribution is -0.126. The van der Waals surface area contributed by atoms with Gasteiger partial charge in [-0.1, -0.05) is 22.4 Å². The molecule has 0 aromatic heterocycles. The van der Waals surface area contributed by atoms with E-state index in [0.717, 1.165) is 35.9 Å². The maximum Gasteiger partial charge on any atom is 0.223 e. The third-order valence-electron chi connectivity index (χ3n) is 3.57. The fourth-order valence-corrected chi connectivity index (χ4v) is 2.75. The number of halogens is 2. The predicted molar refractivity (Wildman–Crippen MR) is 89.8 cm³/mol. The van der Waals surface area contributed by atoms with Crippen LogP contribution < -0.4 is 15.8 Å². The Balaban J connectivity index is 0.00000220. The van der Waals surface area contributed by atoms with Gasteiger partial charge in [0.05, 0.1) is 6.54 Å². The van der Waals surface area contributed by atoms with Crippen molar-refractivity contribution in [3.63, 3.8) is 0 Å². The number of nitrogens with one attached hydrogen (secondary N) is 1. The Morgan fingerprint density at radius 3 is 2.71 bits per heavy atom. The first-order valence-corrected chi connectivity index (χ1v) is 7.86. The molecule has 0 radical (unpaired) electrons. The summed E-state index contributed by atoms with van der Waals surface area (Å²) in [5, 5.41) is 2.93. The molecule has 1 aromatic rings. The van der Waals surface area contributed by atoms with Crippen LogP contribution in [0.5, 0.6) is 5.75 Å². The highest BCUT2D eigenvalue weighted by atomic mass is 79.9. The lowest BCUT2D eigenvalue weighted by atomic mass is 9.85. The van der Waals surface area contributed by atoms with Crippen molar-refractivity contribution in [2.24, 2.45) is 11.7 Å². The third-order valence-corrected chi connectivity index (χ3v) is 4.10. The van der Waals surface area contributed by atoms with Gasteiger partial charge >= 0.3 is 0 Å². The van der Waals surface area contributed by atoms with E-state index in [1.54, 1.807) is 0 Å². The van der Waals surface area contributed by atoms with E-state index in [0.29, 0.717) is 13.2 Å². The molecule has 2 rings (SSSR count). The number of ether oxygens (including phenoxy) is 1. The topological polar surface area (TPSA) is 64.4 Å².